The topological polar surface area (TPSA) is 40.5 Å². The molecule has 0 saturated carbocycles. The van der Waals surface area contributed by atoms with Crippen LogP contribution in [-0.4, -0.2) is 34.6 Å². The van der Waals surface area contributed by atoms with E-state index in [1.165, 1.54) is 0 Å². The van der Waals surface area contributed by atoms with E-state index in [9.17, 15) is 4.79 Å². The Morgan fingerprint density at radius 3 is 2.71 bits per heavy atom. The van der Waals surface area contributed by atoms with E-state index in [1.807, 2.05) is 0 Å². The lowest BCUT2D eigenvalue weighted by Gasteiger charge is -2.35. The number of likely N-dealkylation sites (tertiary alicyclic amines) is 1. The van der Waals surface area contributed by atoms with Crippen LogP contribution in [0.2, 0.25) is 0 Å². The minimum Gasteiger partial charge on any atom is -0.481 e. The molecular formula is C11H21NO2. The first-order valence-corrected chi connectivity index (χ1v) is 5.45. The van der Waals surface area contributed by atoms with Crippen LogP contribution < -0.4 is 0 Å². The minimum absolute atomic E-state index is 0.0639. The van der Waals surface area contributed by atoms with Crippen molar-refractivity contribution in [1.29, 1.82) is 0 Å². The molecule has 0 bridgehead atoms. The molecule has 14 heavy (non-hydrogen) atoms. The van der Waals surface area contributed by atoms with Crippen molar-refractivity contribution in [3.8, 4) is 0 Å². The Labute approximate surface area is 86.1 Å². The van der Waals surface area contributed by atoms with Gasteiger partial charge in [-0.3, -0.25) is 9.69 Å². The van der Waals surface area contributed by atoms with Crippen LogP contribution in [0.15, 0.2) is 0 Å². The second-order valence-electron chi connectivity index (χ2n) is 4.72. The van der Waals surface area contributed by atoms with Crippen LogP contribution in [0, 0.1) is 5.92 Å². The van der Waals surface area contributed by atoms with Crippen LogP contribution in [0.4, 0.5) is 0 Å². The first-order valence-electron chi connectivity index (χ1n) is 5.45. The highest BCUT2D eigenvalue weighted by atomic mass is 16.4. The molecule has 3 heteroatoms. The Hall–Kier alpha value is -0.570. The summed E-state index contributed by atoms with van der Waals surface area (Å²) in [5.41, 5.74) is 0.0639. The van der Waals surface area contributed by atoms with Gasteiger partial charge in [0.05, 0.1) is 0 Å². The summed E-state index contributed by atoms with van der Waals surface area (Å²) in [6.45, 7) is 8.65. The molecular weight excluding hydrogens is 178 g/mol. The first-order chi connectivity index (χ1) is 6.48. The van der Waals surface area contributed by atoms with Crippen molar-refractivity contribution in [2.75, 3.05) is 13.1 Å². The molecule has 0 spiro atoms. The Kier molecular flexibility index (Phi) is 3.53. The molecule has 1 saturated heterocycles. The second kappa shape index (κ2) is 4.30. The average Bonchev–Trinajstić information content (AvgIpc) is 2.31. The third kappa shape index (κ3) is 2.27. The fraction of sp³-hybridized carbons (Fsp3) is 0.909. The van der Waals surface area contributed by atoms with Gasteiger partial charge in [0.25, 0.3) is 0 Å². The molecule has 0 aliphatic carbocycles. The molecule has 1 fully saturated rings. The molecule has 0 radical (unpaired) electrons. The number of carboxylic acid groups (broad SMARTS) is 1. The summed E-state index contributed by atoms with van der Waals surface area (Å²) in [5, 5.41) is 8.80. The van der Waals surface area contributed by atoms with E-state index >= 15 is 0 Å². The SMILES string of the molecule is CCCN1CCC(CC(=O)O)C1(C)C. The monoisotopic (exact) mass is 199 g/mol. The summed E-state index contributed by atoms with van der Waals surface area (Å²) < 4.78 is 0. The lowest BCUT2D eigenvalue weighted by Crippen LogP contribution is -2.43. The predicted molar refractivity (Wildman–Crippen MR) is 56.3 cm³/mol. The summed E-state index contributed by atoms with van der Waals surface area (Å²) in [4.78, 5) is 13.1. The molecule has 0 aromatic rings. The highest BCUT2D eigenvalue weighted by molar-refractivity contribution is 5.67. The molecule has 1 aliphatic rings. The van der Waals surface area contributed by atoms with Gasteiger partial charge in [0.15, 0.2) is 0 Å². The zero-order chi connectivity index (χ0) is 10.8. The minimum atomic E-state index is -0.665. The number of hydrogen-bond donors (Lipinski definition) is 1. The summed E-state index contributed by atoms with van der Waals surface area (Å²) in [7, 11) is 0. The average molecular weight is 199 g/mol. The fourth-order valence-electron chi connectivity index (χ4n) is 2.44. The van der Waals surface area contributed by atoms with Gasteiger partial charge in [0.2, 0.25) is 0 Å². The van der Waals surface area contributed by atoms with E-state index in [-0.39, 0.29) is 5.54 Å². The van der Waals surface area contributed by atoms with Crippen LogP contribution in [0.25, 0.3) is 0 Å². The first kappa shape index (κ1) is 11.5. The zero-order valence-corrected chi connectivity index (χ0v) is 9.42. The van der Waals surface area contributed by atoms with Gasteiger partial charge in [-0.2, -0.15) is 0 Å². The van der Waals surface area contributed by atoms with E-state index in [0.717, 1.165) is 25.9 Å². The highest BCUT2D eigenvalue weighted by Crippen LogP contribution is 2.36. The lowest BCUT2D eigenvalue weighted by atomic mass is 9.86. The van der Waals surface area contributed by atoms with Gasteiger partial charge >= 0.3 is 5.97 Å². The van der Waals surface area contributed by atoms with Crippen LogP contribution in [0.5, 0.6) is 0 Å². The second-order valence-corrected chi connectivity index (χ2v) is 4.72. The molecule has 0 aromatic carbocycles. The quantitative estimate of drug-likeness (QED) is 0.752. The molecule has 1 atom stereocenters. The van der Waals surface area contributed by atoms with E-state index in [4.69, 9.17) is 5.11 Å². The van der Waals surface area contributed by atoms with Gasteiger partial charge in [0.1, 0.15) is 0 Å². The molecule has 3 nitrogen and oxygen atoms in total. The van der Waals surface area contributed by atoms with Crippen molar-refractivity contribution in [2.24, 2.45) is 5.92 Å². The smallest absolute Gasteiger partial charge is 0.303 e. The van der Waals surface area contributed by atoms with Crippen molar-refractivity contribution in [2.45, 2.75) is 45.6 Å². The third-order valence-corrected chi connectivity index (χ3v) is 3.48. The molecule has 1 rings (SSSR count). The van der Waals surface area contributed by atoms with Gasteiger partial charge in [-0.05, 0) is 45.7 Å². The van der Waals surface area contributed by atoms with Crippen molar-refractivity contribution < 1.29 is 9.90 Å². The summed E-state index contributed by atoms with van der Waals surface area (Å²) in [5.74, 6) is -0.354. The van der Waals surface area contributed by atoms with Crippen LogP contribution in [0.3, 0.4) is 0 Å². The molecule has 82 valence electrons. The Morgan fingerprint density at radius 1 is 1.57 bits per heavy atom. The molecule has 0 aromatic heterocycles. The standard InChI is InChI=1S/C11H21NO2/c1-4-6-12-7-5-9(8-10(13)14)11(12,2)3/h9H,4-8H2,1-3H3,(H,13,14). The zero-order valence-electron chi connectivity index (χ0n) is 9.42. The Bertz CT molecular complexity index is 213. The normalized spacial score (nSPS) is 26.6. The maximum absolute atomic E-state index is 10.7. The van der Waals surface area contributed by atoms with E-state index in [2.05, 4.69) is 25.7 Å². The van der Waals surface area contributed by atoms with Crippen molar-refractivity contribution in [1.82, 2.24) is 4.90 Å². The number of carboxylic acids is 1. The summed E-state index contributed by atoms with van der Waals surface area (Å²) >= 11 is 0. The van der Waals surface area contributed by atoms with Gasteiger partial charge in [-0.25, -0.2) is 0 Å². The van der Waals surface area contributed by atoms with Crippen LogP contribution >= 0.6 is 0 Å². The van der Waals surface area contributed by atoms with Crippen molar-refractivity contribution in [3.63, 3.8) is 0 Å². The molecule has 1 aliphatic heterocycles. The lowest BCUT2D eigenvalue weighted by molar-refractivity contribution is -0.138. The van der Waals surface area contributed by atoms with Crippen molar-refractivity contribution >= 4 is 5.97 Å². The van der Waals surface area contributed by atoms with Crippen LogP contribution in [-0.2, 0) is 4.79 Å². The molecule has 1 heterocycles. The van der Waals surface area contributed by atoms with Gasteiger partial charge in [0, 0.05) is 12.0 Å². The molecule has 1 N–H and O–H groups in total. The number of rotatable bonds is 4. The summed E-state index contributed by atoms with van der Waals surface area (Å²) in [6.07, 6.45) is 2.48. The van der Waals surface area contributed by atoms with E-state index < -0.39 is 5.97 Å². The van der Waals surface area contributed by atoms with Gasteiger partial charge < -0.3 is 5.11 Å². The van der Waals surface area contributed by atoms with Gasteiger partial charge in [-0.1, -0.05) is 6.92 Å². The third-order valence-electron chi connectivity index (χ3n) is 3.48. The fourth-order valence-corrected chi connectivity index (χ4v) is 2.44. The maximum atomic E-state index is 10.7. The Morgan fingerprint density at radius 2 is 2.21 bits per heavy atom. The summed E-state index contributed by atoms with van der Waals surface area (Å²) in [6, 6.07) is 0. The van der Waals surface area contributed by atoms with Crippen LogP contribution in [0.1, 0.15) is 40.0 Å². The molecule has 1 unspecified atom stereocenters. The number of carbonyl (C=O) groups is 1. The van der Waals surface area contributed by atoms with E-state index in [1.54, 1.807) is 0 Å². The predicted octanol–water partition coefficient (Wildman–Crippen LogP) is 1.97. The number of hydrogen-bond acceptors (Lipinski definition) is 2. The number of nitrogens with zero attached hydrogens (tertiary/aromatic N) is 1. The van der Waals surface area contributed by atoms with E-state index in [0.29, 0.717) is 12.3 Å². The van der Waals surface area contributed by atoms with Crippen molar-refractivity contribution in [3.05, 3.63) is 0 Å². The molecule has 0 amide bonds. The Balaban J connectivity index is 2.60. The highest BCUT2D eigenvalue weighted by Gasteiger charge is 2.41. The maximum Gasteiger partial charge on any atom is 0.303 e. The number of aliphatic carboxylic acids is 1. The largest absolute Gasteiger partial charge is 0.481 e. The van der Waals surface area contributed by atoms with Gasteiger partial charge in [-0.15, -0.1) is 0 Å².